The molecule has 0 spiro atoms. The van der Waals surface area contributed by atoms with Crippen LogP contribution in [0.4, 0.5) is 0 Å². The van der Waals surface area contributed by atoms with Gasteiger partial charge in [-0.2, -0.15) is 5.10 Å². The first-order chi connectivity index (χ1) is 9.83. The number of nitrogens with zero attached hydrogens (tertiary/aromatic N) is 2. The summed E-state index contributed by atoms with van der Waals surface area (Å²) in [5.74, 6) is 4.07. The SMILES string of the molecule is C#Cc1ccc([C@H]2CC[C@H](CCCCCC)CC2)nn1. The Morgan fingerprint density at radius 2 is 1.90 bits per heavy atom. The molecule has 1 heterocycles. The molecule has 0 bridgehead atoms. The number of hydrogen-bond donors (Lipinski definition) is 0. The van der Waals surface area contributed by atoms with Crippen LogP contribution in [-0.2, 0) is 0 Å². The zero-order valence-corrected chi connectivity index (χ0v) is 12.6. The van der Waals surface area contributed by atoms with E-state index in [0.717, 1.165) is 11.6 Å². The molecule has 1 aliphatic rings. The van der Waals surface area contributed by atoms with Gasteiger partial charge in [-0.05, 0) is 49.7 Å². The molecule has 2 nitrogen and oxygen atoms in total. The van der Waals surface area contributed by atoms with Crippen LogP contribution in [0.15, 0.2) is 12.1 Å². The second-order valence-electron chi connectivity index (χ2n) is 6.05. The molecule has 0 amide bonds. The van der Waals surface area contributed by atoms with Crippen molar-refractivity contribution in [2.75, 3.05) is 0 Å². The molecule has 0 saturated heterocycles. The fourth-order valence-corrected chi connectivity index (χ4v) is 3.24. The minimum Gasteiger partial charge on any atom is -0.154 e. The van der Waals surface area contributed by atoms with Gasteiger partial charge >= 0.3 is 0 Å². The Kier molecular flexibility index (Phi) is 6.05. The third-order valence-electron chi connectivity index (χ3n) is 4.56. The predicted molar refractivity (Wildman–Crippen MR) is 83.4 cm³/mol. The van der Waals surface area contributed by atoms with Gasteiger partial charge in [0, 0.05) is 5.92 Å². The summed E-state index contributed by atoms with van der Waals surface area (Å²) in [7, 11) is 0. The fourth-order valence-electron chi connectivity index (χ4n) is 3.24. The molecule has 1 saturated carbocycles. The van der Waals surface area contributed by atoms with Crippen LogP contribution < -0.4 is 0 Å². The fraction of sp³-hybridized carbons (Fsp3) is 0.667. The minimum atomic E-state index is 0.598. The summed E-state index contributed by atoms with van der Waals surface area (Å²) in [6, 6.07) is 3.98. The van der Waals surface area contributed by atoms with E-state index in [9.17, 15) is 0 Å². The van der Waals surface area contributed by atoms with Gasteiger partial charge in [0.25, 0.3) is 0 Å². The summed E-state index contributed by atoms with van der Waals surface area (Å²) >= 11 is 0. The van der Waals surface area contributed by atoms with Crippen molar-refractivity contribution in [1.29, 1.82) is 0 Å². The first-order valence-corrected chi connectivity index (χ1v) is 8.13. The zero-order chi connectivity index (χ0) is 14.2. The molecule has 20 heavy (non-hydrogen) atoms. The van der Waals surface area contributed by atoms with Gasteiger partial charge in [0.15, 0.2) is 0 Å². The smallest absolute Gasteiger partial charge is 0.135 e. The van der Waals surface area contributed by atoms with Crippen molar-refractivity contribution >= 4 is 0 Å². The molecule has 108 valence electrons. The van der Waals surface area contributed by atoms with E-state index in [1.54, 1.807) is 0 Å². The first-order valence-electron chi connectivity index (χ1n) is 8.13. The molecule has 0 unspecified atom stereocenters. The summed E-state index contributed by atoms with van der Waals surface area (Å²) in [5.41, 5.74) is 1.77. The molecular weight excluding hydrogens is 244 g/mol. The molecule has 0 N–H and O–H groups in total. The van der Waals surface area contributed by atoms with E-state index in [2.05, 4.69) is 29.1 Å². The number of rotatable bonds is 6. The van der Waals surface area contributed by atoms with E-state index in [1.807, 2.05) is 6.07 Å². The molecule has 0 radical (unpaired) electrons. The maximum atomic E-state index is 5.31. The highest BCUT2D eigenvalue weighted by Gasteiger charge is 2.23. The number of aromatic nitrogens is 2. The Hall–Kier alpha value is -1.36. The Labute approximate surface area is 123 Å². The summed E-state index contributed by atoms with van der Waals surface area (Å²) in [4.78, 5) is 0. The van der Waals surface area contributed by atoms with E-state index in [-0.39, 0.29) is 0 Å². The molecule has 0 atom stereocenters. The number of unbranched alkanes of at least 4 members (excludes halogenated alkanes) is 3. The second kappa shape index (κ2) is 8.04. The van der Waals surface area contributed by atoms with Crippen LogP contribution in [0, 0.1) is 18.3 Å². The third kappa shape index (κ3) is 4.34. The monoisotopic (exact) mass is 270 g/mol. The lowest BCUT2D eigenvalue weighted by Crippen LogP contribution is -2.14. The van der Waals surface area contributed by atoms with Crippen molar-refractivity contribution in [2.45, 2.75) is 70.6 Å². The van der Waals surface area contributed by atoms with E-state index >= 15 is 0 Å². The summed E-state index contributed by atoms with van der Waals surface area (Å²) in [6.45, 7) is 2.28. The molecule has 1 aromatic rings. The molecule has 0 aliphatic heterocycles. The Morgan fingerprint density at radius 1 is 1.10 bits per heavy atom. The molecule has 0 aromatic carbocycles. The van der Waals surface area contributed by atoms with Gasteiger partial charge in [-0.3, -0.25) is 0 Å². The first kappa shape index (κ1) is 15.0. The Morgan fingerprint density at radius 3 is 2.50 bits per heavy atom. The zero-order valence-electron chi connectivity index (χ0n) is 12.6. The van der Waals surface area contributed by atoms with Gasteiger partial charge in [-0.15, -0.1) is 11.5 Å². The second-order valence-corrected chi connectivity index (χ2v) is 6.05. The highest BCUT2D eigenvalue weighted by atomic mass is 15.1. The van der Waals surface area contributed by atoms with E-state index in [0.29, 0.717) is 11.6 Å². The topological polar surface area (TPSA) is 25.8 Å². The van der Waals surface area contributed by atoms with E-state index in [4.69, 9.17) is 6.42 Å². The van der Waals surface area contributed by atoms with Crippen LogP contribution in [0.3, 0.4) is 0 Å². The van der Waals surface area contributed by atoms with Crippen LogP contribution in [0.2, 0.25) is 0 Å². The maximum Gasteiger partial charge on any atom is 0.135 e. The van der Waals surface area contributed by atoms with Gasteiger partial charge in [0.2, 0.25) is 0 Å². The quantitative estimate of drug-likeness (QED) is 0.553. The average molecular weight is 270 g/mol. The third-order valence-corrected chi connectivity index (χ3v) is 4.56. The maximum absolute atomic E-state index is 5.31. The van der Waals surface area contributed by atoms with E-state index in [1.165, 1.54) is 57.8 Å². The Balaban J connectivity index is 1.74. The van der Waals surface area contributed by atoms with Crippen LogP contribution in [0.5, 0.6) is 0 Å². The van der Waals surface area contributed by atoms with Gasteiger partial charge in [-0.1, -0.05) is 39.0 Å². The van der Waals surface area contributed by atoms with Crippen molar-refractivity contribution in [1.82, 2.24) is 10.2 Å². The molecule has 1 fully saturated rings. The van der Waals surface area contributed by atoms with Crippen molar-refractivity contribution in [3.05, 3.63) is 23.5 Å². The van der Waals surface area contributed by atoms with Crippen LogP contribution >= 0.6 is 0 Å². The van der Waals surface area contributed by atoms with Crippen molar-refractivity contribution in [3.8, 4) is 12.3 Å². The number of hydrogen-bond acceptors (Lipinski definition) is 2. The largest absolute Gasteiger partial charge is 0.154 e. The van der Waals surface area contributed by atoms with Crippen molar-refractivity contribution < 1.29 is 0 Å². The molecule has 2 rings (SSSR count). The Bertz CT molecular complexity index is 422. The molecule has 2 heteroatoms. The van der Waals surface area contributed by atoms with Crippen LogP contribution in [0.25, 0.3) is 0 Å². The van der Waals surface area contributed by atoms with Gasteiger partial charge in [-0.25, -0.2) is 0 Å². The highest BCUT2D eigenvalue weighted by molar-refractivity contribution is 5.24. The summed E-state index contributed by atoms with van der Waals surface area (Å²) in [5, 5.41) is 8.37. The van der Waals surface area contributed by atoms with Crippen molar-refractivity contribution in [3.63, 3.8) is 0 Å². The van der Waals surface area contributed by atoms with Gasteiger partial charge in [0.1, 0.15) is 5.69 Å². The highest BCUT2D eigenvalue weighted by Crippen LogP contribution is 2.36. The summed E-state index contributed by atoms with van der Waals surface area (Å²) < 4.78 is 0. The molecule has 1 aromatic heterocycles. The predicted octanol–water partition coefficient (Wildman–Crippen LogP) is 4.70. The molecule has 1 aliphatic carbocycles. The molecular formula is C18H26N2. The summed E-state index contributed by atoms with van der Waals surface area (Å²) in [6.07, 6.45) is 17.5. The lowest BCUT2D eigenvalue weighted by Gasteiger charge is -2.27. The standard InChI is InChI=1S/C18H26N2/c1-3-5-6-7-8-15-9-11-16(12-10-15)18-14-13-17(4-2)19-20-18/h2,13-16H,3,5-12H2,1H3/t15-,16-. The van der Waals surface area contributed by atoms with Gasteiger partial charge in [0.05, 0.1) is 5.69 Å². The van der Waals surface area contributed by atoms with E-state index < -0.39 is 0 Å². The van der Waals surface area contributed by atoms with Crippen LogP contribution in [0.1, 0.15) is 82.0 Å². The normalized spacial score (nSPS) is 22.4. The minimum absolute atomic E-state index is 0.598. The lowest BCUT2D eigenvalue weighted by molar-refractivity contribution is 0.298. The lowest BCUT2D eigenvalue weighted by atomic mass is 9.78. The van der Waals surface area contributed by atoms with Gasteiger partial charge < -0.3 is 0 Å². The van der Waals surface area contributed by atoms with Crippen molar-refractivity contribution in [2.24, 2.45) is 5.92 Å². The average Bonchev–Trinajstić information content (AvgIpc) is 2.52. The number of terminal acetylenes is 1. The van der Waals surface area contributed by atoms with Crippen LogP contribution in [-0.4, -0.2) is 10.2 Å².